The maximum absolute atomic E-state index is 12.0. The molecular formula is C13H19BrN2O. The maximum atomic E-state index is 12.0. The number of nitrogens with zero attached hydrogens (tertiary/aromatic N) is 1. The van der Waals surface area contributed by atoms with Crippen LogP contribution in [0.3, 0.4) is 0 Å². The Morgan fingerprint density at radius 1 is 1.35 bits per heavy atom. The summed E-state index contributed by atoms with van der Waals surface area (Å²) in [6.45, 7) is 4.79. The third-order valence-electron chi connectivity index (χ3n) is 3.01. The van der Waals surface area contributed by atoms with Crippen molar-refractivity contribution < 1.29 is 4.79 Å². The molecule has 94 valence electrons. The Morgan fingerprint density at radius 3 is 2.47 bits per heavy atom. The van der Waals surface area contributed by atoms with Crippen molar-refractivity contribution in [3.8, 4) is 0 Å². The zero-order chi connectivity index (χ0) is 13.1. The molecule has 4 heteroatoms. The molecule has 0 spiro atoms. The molecule has 17 heavy (non-hydrogen) atoms. The van der Waals surface area contributed by atoms with Gasteiger partial charge in [-0.3, -0.25) is 4.79 Å². The highest BCUT2D eigenvalue weighted by molar-refractivity contribution is 9.10. The van der Waals surface area contributed by atoms with Crippen LogP contribution in [-0.4, -0.2) is 37.0 Å². The van der Waals surface area contributed by atoms with E-state index < -0.39 is 0 Å². The van der Waals surface area contributed by atoms with Gasteiger partial charge in [-0.1, -0.05) is 12.1 Å². The number of carbonyl (C=O) groups excluding carboxylic acids is 1. The van der Waals surface area contributed by atoms with Crippen molar-refractivity contribution in [2.45, 2.75) is 19.4 Å². The normalized spacial score (nSPS) is 11.6. The van der Waals surface area contributed by atoms with Gasteiger partial charge < -0.3 is 10.2 Å². The standard InChI is InChI=1S/C13H19BrN2O/c1-13(2,16(3)4)9-15-12(17)10-7-5-6-8-11(10)14/h5-8H,9H2,1-4H3,(H,15,17). The Labute approximate surface area is 111 Å². The molecule has 1 amide bonds. The number of amides is 1. The first kappa shape index (κ1) is 14.2. The molecule has 0 unspecified atom stereocenters. The predicted octanol–water partition coefficient (Wildman–Crippen LogP) is 2.52. The summed E-state index contributed by atoms with van der Waals surface area (Å²) in [5.41, 5.74) is 0.610. The lowest BCUT2D eigenvalue weighted by molar-refractivity contribution is 0.0919. The zero-order valence-electron chi connectivity index (χ0n) is 10.7. The summed E-state index contributed by atoms with van der Waals surface area (Å²) in [6, 6.07) is 7.43. The Balaban J connectivity index is 2.66. The average Bonchev–Trinajstić information content (AvgIpc) is 2.26. The first-order chi connectivity index (χ1) is 7.84. The first-order valence-corrected chi connectivity index (χ1v) is 6.34. The maximum Gasteiger partial charge on any atom is 0.252 e. The van der Waals surface area contributed by atoms with E-state index in [-0.39, 0.29) is 11.4 Å². The minimum Gasteiger partial charge on any atom is -0.350 e. The molecule has 0 atom stereocenters. The molecular weight excluding hydrogens is 280 g/mol. The smallest absolute Gasteiger partial charge is 0.252 e. The number of nitrogens with one attached hydrogen (secondary N) is 1. The average molecular weight is 299 g/mol. The van der Waals surface area contributed by atoms with Gasteiger partial charge in [0.05, 0.1) is 5.56 Å². The second kappa shape index (κ2) is 5.65. The minimum absolute atomic E-state index is 0.0487. The zero-order valence-corrected chi connectivity index (χ0v) is 12.3. The van der Waals surface area contributed by atoms with Crippen molar-refractivity contribution in [3.05, 3.63) is 34.3 Å². The number of hydrogen-bond acceptors (Lipinski definition) is 2. The lowest BCUT2D eigenvalue weighted by Crippen LogP contribution is -2.48. The van der Waals surface area contributed by atoms with E-state index in [1.165, 1.54) is 0 Å². The van der Waals surface area contributed by atoms with Gasteiger partial charge in [-0.2, -0.15) is 0 Å². The molecule has 3 nitrogen and oxygen atoms in total. The highest BCUT2D eigenvalue weighted by Crippen LogP contribution is 2.16. The highest BCUT2D eigenvalue weighted by Gasteiger charge is 2.21. The van der Waals surface area contributed by atoms with Crippen LogP contribution in [0, 0.1) is 0 Å². The lowest BCUT2D eigenvalue weighted by Gasteiger charge is -2.32. The molecule has 0 bridgehead atoms. The minimum atomic E-state index is -0.0586. The Kier molecular flexibility index (Phi) is 4.71. The number of hydrogen-bond donors (Lipinski definition) is 1. The Hall–Kier alpha value is -0.870. The van der Waals surface area contributed by atoms with Crippen molar-refractivity contribution in [1.29, 1.82) is 0 Å². The summed E-state index contributed by atoms with van der Waals surface area (Å²) >= 11 is 3.38. The SMILES string of the molecule is CN(C)C(C)(C)CNC(=O)c1ccccc1Br. The third-order valence-corrected chi connectivity index (χ3v) is 3.70. The fourth-order valence-corrected chi connectivity index (χ4v) is 1.66. The molecule has 1 N–H and O–H groups in total. The van der Waals surface area contributed by atoms with Gasteiger partial charge in [-0.05, 0) is 56.0 Å². The van der Waals surface area contributed by atoms with Crippen molar-refractivity contribution in [2.75, 3.05) is 20.6 Å². The molecule has 0 aliphatic rings. The van der Waals surface area contributed by atoms with Gasteiger partial charge in [0, 0.05) is 16.6 Å². The summed E-state index contributed by atoms with van der Waals surface area (Å²) in [5.74, 6) is -0.0487. The van der Waals surface area contributed by atoms with Crippen LogP contribution in [0.4, 0.5) is 0 Å². The van der Waals surface area contributed by atoms with Crippen LogP contribution in [-0.2, 0) is 0 Å². The molecule has 0 saturated heterocycles. The van der Waals surface area contributed by atoms with E-state index >= 15 is 0 Å². The van der Waals surface area contributed by atoms with E-state index in [9.17, 15) is 4.79 Å². The van der Waals surface area contributed by atoms with Gasteiger partial charge in [0.2, 0.25) is 0 Å². The predicted molar refractivity (Wildman–Crippen MR) is 74.2 cm³/mol. The van der Waals surface area contributed by atoms with Crippen LogP contribution in [0.15, 0.2) is 28.7 Å². The van der Waals surface area contributed by atoms with Crippen molar-refractivity contribution in [3.63, 3.8) is 0 Å². The summed E-state index contributed by atoms with van der Waals surface area (Å²) < 4.78 is 0.820. The molecule has 1 aromatic carbocycles. The summed E-state index contributed by atoms with van der Waals surface area (Å²) in [4.78, 5) is 14.1. The van der Waals surface area contributed by atoms with Gasteiger partial charge in [-0.15, -0.1) is 0 Å². The second-order valence-electron chi connectivity index (χ2n) is 4.87. The van der Waals surface area contributed by atoms with Gasteiger partial charge in [0.15, 0.2) is 0 Å². The number of halogens is 1. The molecule has 0 aliphatic heterocycles. The van der Waals surface area contributed by atoms with E-state index in [4.69, 9.17) is 0 Å². The van der Waals surface area contributed by atoms with E-state index in [0.717, 1.165) is 4.47 Å². The van der Waals surface area contributed by atoms with Gasteiger partial charge in [0.25, 0.3) is 5.91 Å². The molecule has 0 aliphatic carbocycles. The van der Waals surface area contributed by atoms with E-state index in [0.29, 0.717) is 12.1 Å². The molecule has 0 saturated carbocycles. The molecule has 0 heterocycles. The first-order valence-electron chi connectivity index (χ1n) is 5.55. The number of likely N-dealkylation sites (N-methyl/N-ethyl adjacent to an activating group) is 1. The Bertz CT molecular complexity index is 402. The second-order valence-corrected chi connectivity index (χ2v) is 5.72. The summed E-state index contributed by atoms with van der Waals surface area (Å²) in [5, 5.41) is 2.95. The fourth-order valence-electron chi connectivity index (χ4n) is 1.20. The molecule has 1 rings (SSSR count). The molecule has 0 radical (unpaired) electrons. The van der Waals surface area contributed by atoms with Crippen LogP contribution in [0.25, 0.3) is 0 Å². The number of carbonyl (C=O) groups is 1. The van der Waals surface area contributed by atoms with E-state index in [1.54, 1.807) is 0 Å². The summed E-state index contributed by atoms with van der Waals surface area (Å²) in [6.07, 6.45) is 0. The number of rotatable bonds is 4. The quantitative estimate of drug-likeness (QED) is 0.926. The van der Waals surface area contributed by atoms with Crippen LogP contribution in [0.1, 0.15) is 24.2 Å². The van der Waals surface area contributed by atoms with E-state index in [2.05, 4.69) is 40.0 Å². The highest BCUT2D eigenvalue weighted by atomic mass is 79.9. The van der Waals surface area contributed by atoms with E-state index in [1.807, 2.05) is 38.4 Å². The summed E-state index contributed by atoms with van der Waals surface area (Å²) in [7, 11) is 4.01. The monoisotopic (exact) mass is 298 g/mol. The van der Waals surface area contributed by atoms with Crippen LogP contribution >= 0.6 is 15.9 Å². The molecule has 0 aromatic heterocycles. The van der Waals surface area contributed by atoms with Crippen LogP contribution in [0.5, 0.6) is 0 Å². The molecule has 1 aromatic rings. The fraction of sp³-hybridized carbons (Fsp3) is 0.462. The van der Waals surface area contributed by atoms with Gasteiger partial charge in [-0.25, -0.2) is 0 Å². The largest absolute Gasteiger partial charge is 0.350 e. The van der Waals surface area contributed by atoms with Crippen molar-refractivity contribution in [1.82, 2.24) is 10.2 Å². The van der Waals surface area contributed by atoms with Crippen molar-refractivity contribution in [2.24, 2.45) is 0 Å². The lowest BCUT2D eigenvalue weighted by atomic mass is 10.0. The topological polar surface area (TPSA) is 32.3 Å². The number of benzene rings is 1. The van der Waals surface area contributed by atoms with Crippen molar-refractivity contribution >= 4 is 21.8 Å². The van der Waals surface area contributed by atoms with Crippen LogP contribution in [0.2, 0.25) is 0 Å². The van der Waals surface area contributed by atoms with Gasteiger partial charge >= 0.3 is 0 Å². The Morgan fingerprint density at radius 2 is 1.94 bits per heavy atom. The third kappa shape index (κ3) is 3.82. The van der Waals surface area contributed by atoms with Crippen LogP contribution < -0.4 is 5.32 Å². The van der Waals surface area contributed by atoms with Gasteiger partial charge in [0.1, 0.15) is 0 Å². The molecule has 0 fully saturated rings.